The van der Waals surface area contributed by atoms with E-state index in [1.807, 2.05) is 0 Å². The third-order valence-corrected chi connectivity index (χ3v) is 2.06. The molecule has 7 heteroatoms. The summed E-state index contributed by atoms with van der Waals surface area (Å²) in [4.78, 5) is 22.0. The molecule has 0 fully saturated rings. The number of nitrogens with zero attached hydrogens (tertiary/aromatic N) is 2. The summed E-state index contributed by atoms with van der Waals surface area (Å²) >= 11 is 0. The molecule has 1 aromatic heterocycles. The van der Waals surface area contributed by atoms with Crippen LogP contribution < -0.4 is 5.32 Å². The predicted octanol–water partition coefficient (Wildman–Crippen LogP) is 0.137. The van der Waals surface area contributed by atoms with Gasteiger partial charge < -0.3 is 10.4 Å². The number of hydrogen-bond acceptors (Lipinski definition) is 3. The molecular weight excluding hydrogens is 222 g/mol. The van der Waals surface area contributed by atoms with E-state index in [1.165, 1.54) is 10.7 Å². The first-order valence-electron chi connectivity index (χ1n) is 4.28. The Morgan fingerprint density at radius 1 is 1.60 bits per heavy atom. The fourth-order valence-electron chi connectivity index (χ4n) is 1.40. The lowest BCUT2D eigenvalue weighted by molar-refractivity contribution is 0.0689. The van der Waals surface area contributed by atoms with Crippen LogP contribution >= 0.6 is 12.4 Å². The van der Waals surface area contributed by atoms with Crippen LogP contribution in [-0.4, -0.2) is 33.3 Å². The van der Waals surface area contributed by atoms with Gasteiger partial charge in [-0.15, -0.1) is 12.4 Å². The average molecular weight is 232 g/mol. The molecule has 0 atom stereocenters. The highest BCUT2D eigenvalue weighted by Gasteiger charge is 2.20. The summed E-state index contributed by atoms with van der Waals surface area (Å²) in [5.74, 6) is -1.37. The van der Waals surface area contributed by atoms with Crippen LogP contribution in [0, 0.1) is 0 Å². The number of hydrogen-bond donors (Lipinski definition) is 2. The fourth-order valence-corrected chi connectivity index (χ4v) is 1.40. The first-order chi connectivity index (χ1) is 6.68. The minimum Gasteiger partial charge on any atom is -0.476 e. The van der Waals surface area contributed by atoms with Crippen LogP contribution in [0.2, 0.25) is 0 Å². The first-order valence-corrected chi connectivity index (χ1v) is 4.28. The lowest BCUT2D eigenvalue weighted by atomic mass is 10.3. The van der Waals surface area contributed by atoms with E-state index in [1.54, 1.807) is 0 Å². The largest absolute Gasteiger partial charge is 0.476 e. The minimum atomic E-state index is -1.11. The van der Waals surface area contributed by atoms with E-state index in [9.17, 15) is 9.59 Å². The molecule has 2 N–H and O–H groups in total. The van der Waals surface area contributed by atoms with Crippen molar-refractivity contribution in [1.82, 2.24) is 15.1 Å². The van der Waals surface area contributed by atoms with Gasteiger partial charge in [-0.25, -0.2) is 4.79 Å². The Bertz CT molecular complexity index is 402. The SMILES string of the molecule is Cl.O=C(O)c1cc2n(n1)CCCNC2=O. The molecule has 0 bridgehead atoms. The van der Waals surface area contributed by atoms with Gasteiger partial charge >= 0.3 is 5.97 Å². The van der Waals surface area contributed by atoms with Crippen molar-refractivity contribution in [1.29, 1.82) is 0 Å². The number of carbonyl (C=O) groups excluding carboxylic acids is 1. The van der Waals surface area contributed by atoms with E-state index in [-0.39, 0.29) is 24.0 Å². The molecule has 0 saturated heterocycles. The maximum Gasteiger partial charge on any atom is 0.356 e. The van der Waals surface area contributed by atoms with Gasteiger partial charge in [0.2, 0.25) is 0 Å². The number of rotatable bonds is 1. The molecule has 2 heterocycles. The number of aromatic carboxylic acids is 1. The van der Waals surface area contributed by atoms with Crippen molar-refractivity contribution >= 4 is 24.3 Å². The van der Waals surface area contributed by atoms with Gasteiger partial charge in [-0.3, -0.25) is 9.48 Å². The van der Waals surface area contributed by atoms with Crippen LogP contribution in [0.3, 0.4) is 0 Å². The standard InChI is InChI=1S/C8H9N3O3.ClH/c12-7-6-4-5(8(13)14)10-11(6)3-1-2-9-7;/h4H,1-3H2,(H,9,12)(H,13,14);1H. The van der Waals surface area contributed by atoms with E-state index in [0.717, 1.165) is 6.42 Å². The van der Waals surface area contributed by atoms with Crippen LogP contribution in [0.5, 0.6) is 0 Å². The van der Waals surface area contributed by atoms with E-state index in [4.69, 9.17) is 5.11 Å². The molecule has 1 amide bonds. The van der Waals surface area contributed by atoms with Gasteiger partial charge in [0.25, 0.3) is 5.91 Å². The van der Waals surface area contributed by atoms with E-state index < -0.39 is 5.97 Å². The van der Waals surface area contributed by atoms with Gasteiger partial charge in [-0.1, -0.05) is 0 Å². The zero-order valence-corrected chi connectivity index (χ0v) is 8.58. The third-order valence-electron chi connectivity index (χ3n) is 2.06. The van der Waals surface area contributed by atoms with Gasteiger partial charge in [-0.2, -0.15) is 5.10 Å². The van der Waals surface area contributed by atoms with E-state index in [0.29, 0.717) is 18.8 Å². The summed E-state index contributed by atoms with van der Waals surface area (Å²) in [6, 6.07) is 1.29. The van der Waals surface area contributed by atoms with Crippen LogP contribution in [-0.2, 0) is 6.54 Å². The Morgan fingerprint density at radius 3 is 3.00 bits per heavy atom. The zero-order valence-electron chi connectivity index (χ0n) is 7.77. The van der Waals surface area contributed by atoms with Crippen molar-refractivity contribution in [3.05, 3.63) is 17.5 Å². The zero-order chi connectivity index (χ0) is 10.1. The molecule has 2 rings (SSSR count). The summed E-state index contributed by atoms with van der Waals surface area (Å²) in [5.41, 5.74) is 0.233. The number of carbonyl (C=O) groups is 2. The van der Waals surface area contributed by atoms with Crippen molar-refractivity contribution in [2.75, 3.05) is 6.54 Å². The number of carboxylic acid groups (broad SMARTS) is 1. The smallest absolute Gasteiger partial charge is 0.356 e. The van der Waals surface area contributed by atoms with Crippen molar-refractivity contribution in [2.45, 2.75) is 13.0 Å². The first kappa shape index (κ1) is 11.5. The van der Waals surface area contributed by atoms with Crippen LogP contribution in [0.15, 0.2) is 6.07 Å². The molecule has 0 unspecified atom stereocenters. The minimum absolute atomic E-state index is 0. The van der Waals surface area contributed by atoms with E-state index in [2.05, 4.69) is 10.4 Å². The summed E-state index contributed by atoms with van der Waals surface area (Å²) in [6.45, 7) is 1.17. The van der Waals surface area contributed by atoms with Gasteiger partial charge in [0.1, 0.15) is 5.69 Å². The number of fused-ring (bicyclic) bond motifs is 1. The van der Waals surface area contributed by atoms with Crippen molar-refractivity contribution in [2.24, 2.45) is 0 Å². The molecule has 1 aliphatic heterocycles. The number of carboxylic acids is 1. The van der Waals surface area contributed by atoms with Crippen LogP contribution in [0.1, 0.15) is 27.4 Å². The number of halogens is 1. The highest BCUT2D eigenvalue weighted by Crippen LogP contribution is 2.08. The van der Waals surface area contributed by atoms with Gasteiger partial charge in [0.15, 0.2) is 5.69 Å². The second-order valence-electron chi connectivity index (χ2n) is 3.05. The lowest BCUT2D eigenvalue weighted by Gasteiger charge is -1.97. The molecule has 1 aliphatic rings. The molecule has 1 aromatic rings. The van der Waals surface area contributed by atoms with E-state index >= 15 is 0 Å². The molecule has 82 valence electrons. The van der Waals surface area contributed by atoms with Crippen LogP contribution in [0.25, 0.3) is 0 Å². The second kappa shape index (κ2) is 4.31. The quantitative estimate of drug-likeness (QED) is 0.720. The molecule has 0 saturated carbocycles. The monoisotopic (exact) mass is 231 g/mol. The Labute approximate surface area is 91.7 Å². The Kier molecular flexibility index (Phi) is 3.31. The van der Waals surface area contributed by atoms with Crippen molar-refractivity contribution in [3.63, 3.8) is 0 Å². The topological polar surface area (TPSA) is 84.2 Å². The molecule has 0 radical (unpaired) electrons. The van der Waals surface area contributed by atoms with Crippen LogP contribution in [0.4, 0.5) is 0 Å². The normalized spacial score (nSPS) is 14.5. The maximum absolute atomic E-state index is 11.4. The fraction of sp³-hybridized carbons (Fsp3) is 0.375. The molecule has 0 aliphatic carbocycles. The summed E-state index contributed by atoms with van der Waals surface area (Å²) in [6.07, 6.45) is 0.763. The maximum atomic E-state index is 11.4. The highest BCUT2D eigenvalue weighted by molar-refractivity contribution is 5.95. The number of nitrogens with one attached hydrogen (secondary N) is 1. The van der Waals surface area contributed by atoms with Gasteiger partial charge in [0.05, 0.1) is 0 Å². The molecule has 0 aromatic carbocycles. The third kappa shape index (κ3) is 2.10. The average Bonchev–Trinajstić information content (AvgIpc) is 2.49. The second-order valence-corrected chi connectivity index (χ2v) is 3.05. The highest BCUT2D eigenvalue weighted by atomic mass is 35.5. The van der Waals surface area contributed by atoms with Gasteiger partial charge in [0, 0.05) is 19.2 Å². The molecule has 6 nitrogen and oxygen atoms in total. The molecule has 15 heavy (non-hydrogen) atoms. The summed E-state index contributed by atoms with van der Waals surface area (Å²) in [7, 11) is 0. The molecular formula is C8H10ClN3O3. The van der Waals surface area contributed by atoms with Crippen molar-refractivity contribution < 1.29 is 14.7 Å². The Morgan fingerprint density at radius 2 is 2.33 bits per heavy atom. The van der Waals surface area contributed by atoms with Gasteiger partial charge in [-0.05, 0) is 6.42 Å². The summed E-state index contributed by atoms with van der Waals surface area (Å²) in [5, 5.41) is 15.2. The molecule has 0 spiro atoms. The summed E-state index contributed by atoms with van der Waals surface area (Å²) < 4.78 is 1.44. The number of aromatic nitrogens is 2. The Hall–Kier alpha value is -1.56. The number of amides is 1. The Balaban J connectivity index is 0.00000112. The number of aryl methyl sites for hydroxylation is 1. The predicted molar refractivity (Wildman–Crippen MR) is 53.4 cm³/mol. The van der Waals surface area contributed by atoms with Crippen molar-refractivity contribution in [3.8, 4) is 0 Å². The lowest BCUT2D eigenvalue weighted by Crippen LogP contribution is -2.22.